The molecule has 3 fully saturated rings. The molecule has 7 nitrogen and oxygen atoms in total. The molecule has 7 heteroatoms. The van der Waals surface area contributed by atoms with Crippen LogP contribution in [0.4, 0.5) is 4.79 Å². The summed E-state index contributed by atoms with van der Waals surface area (Å²) in [7, 11) is 0. The molecule has 0 unspecified atom stereocenters. The van der Waals surface area contributed by atoms with Gasteiger partial charge in [-0.3, -0.25) is 19.8 Å². The first-order chi connectivity index (χ1) is 10.1. The first kappa shape index (κ1) is 14.3. The number of likely N-dealkylation sites (tertiary alicyclic amines) is 2. The largest absolute Gasteiger partial charge is 0.342 e. The number of rotatable bonds is 2. The van der Waals surface area contributed by atoms with E-state index in [4.69, 9.17) is 0 Å². The van der Waals surface area contributed by atoms with Crippen LogP contribution in [0.1, 0.15) is 32.1 Å². The summed E-state index contributed by atoms with van der Waals surface area (Å²) in [5.41, 5.74) is -0.748. The van der Waals surface area contributed by atoms with Crippen LogP contribution in [0.3, 0.4) is 0 Å². The van der Waals surface area contributed by atoms with Crippen LogP contribution >= 0.6 is 0 Å². The van der Waals surface area contributed by atoms with Gasteiger partial charge in [-0.1, -0.05) is 0 Å². The molecule has 0 aromatic carbocycles. The third-order valence-corrected chi connectivity index (χ3v) is 4.79. The molecule has 21 heavy (non-hydrogen) atoms. The normalized spacial score (nSPS) is 25.8. The Morgan fingerprint density at radius 2 is 1.71 bits per heavy atom. The van der Waals surface area contributed by atoms with Gasteiger partial charge in [0.15, 0.2) is 0 Å². The van der Waals surface area contributed by atoms with Gasteiger partial charge in [0.2, 0.25) is 5.91 Å². The van der Waals surface area contributed by atoms with Crippen LogP contribution < -0.4 is 10.6 Å². The molecule has 3 rings (SSSR count). The minimum absolute atomic E-state index is 0.186. The van der Waals surface area contributed by atoms with Gasteiger partial charge in [-0.2, -0.15) is 0 Å². The number of carbonyl (C=O) groups is 3. The van der Waals surface area contributed by atoms with E-state index in [9.17, 15) is 14.4 Å². The maximum absolute atomic E-state index is 12.2. The van der Waals surface area contributed by atoms with E-state index in [1.54, 1.807) is 0 Å². The molecule has 3 saturated heterocycles. The van der Waals surface area contributed by atoms with Gasteiger partial charge in [0, 0.05) is 26.2 Å². The summed E-state index contributed by atoms with van der Waals surface area (Å²) in [4.78, 5) is 39.4. The molecule has 0 aromatic heterocycles. The number of hydrogen-bond donors (Lipinski definition) is 2. The standard InChI is InChI=1S/C14H22N4O3/c19-11(18-6-2-1-3-7-18)10-17-8-4-14(5-9-17)12(20)15-13(21)16-14/h1-10H2,(H2,15,16,20,21). The summed E-state index contributed by atoms with van der Waals surface area (Å²) >= 11 is 0. The van der Waals surface area contributed by atoms with Crippen molar-refractivity contribution < 1.29 is 14.4 Å². The van der Waals surface area contributed by atoms with Gasteiger partial charge < -0.3 is 10.2 Å². The zero-order chi connectivity index (χ0) is 14.9. The van der Waals surface area contributed by atoms with Crippen LogP contribution in [0.15, 0.2) is 0 Å². The van der Waals surface area contributed by atoms with E-state index >= 15 is 0 Å². The number of nitrogens with one attached hydrogen (secondary N) is 2. The third-order valence-electron chi connectivity index (χ3n) is 4.79. The first-order valence-corrected chi connectivity index (χ1v) is 7.73. The maximum atomic E-state index is 12.2. The highest BCUT2D eigenvalue weighted by Gasteiger charge is 2.47. The van der Waals surface area contributed by atoms with Crippen LogP contribution in [0, 0.1) is 0 Å². The smallest absolute Gasteiger partial charge is 0.322 e. The van der Waals surface area contributed by atoms with E-state index in [1.165, 1.54) is 6.42 Å². The van der Waals surface area contributed by atoms with Gasteiger partial charge in [-0.05, 0) is 32.1 Å². The summed E-state index contributed by atoms with van der Waals surface area (Å²) in [6.07, 6.45) is 4.54. The molecule has 0 aliphatic carbocycles. The van der Waals surface area contributed by atoms with Crippen molar-refractivity contribution in [2.24, 2.45) is 0 Å². The van der Waals surface area contributed by atoms with E-state index in [-0.39, 0.29) is 11.8 Å². The lowest BCUT2D eigenvalue weighted by Crippen LogP contribution is -2.56. The average molecular weight is 294 g/mol. The minimum atomic E-state index is -0.748. The van der Waals surface area contributed by atoms with Crippen molar-refractivity contribution in [1.82, 2.24) is 20.4 Å². The lowest BCUT2D eigenvalue weighted by Gasteiger charge is -2.37. The Bertz CT molecular complexity index is 451. The van der Waals surface area contributed by atoms with Gasteiger partial charge in [-0.15, -0.1) is 0 Å². The van der Waals surface area contributed by atoms with Gasteiger partial charge in [0.05, 0.1) is 6.54 Å². The van der Waals surface area contributed by atoms with Crippen molar-refractivity contribution in [3.63, 3.8) is 0 Å². The van der Waals surface area contributed by atoms with Crippen molar-refractivity contribution in [3.05, 3.63) is 0 Å². The fourth-order valence-electron chi connectivity index (χ4n) is 3.41. The van der Waals surface area contributed by atoms with Crippen molar-refractivity contribution in [2.75, 3.05) is 32.7 Å². The first-order valence-electron chi connectivity index (χ1n) is 7.73. The van der Waals surface area contributed by atoms with Crippen LogP contribution in [-0.2, 0) is 9.59 Å². The number of piperidine rings is 2. The van der Waals surface area contributed by atoms with E-state index < -0.39 is 11.6 Å². The third kappa shape index (κ3) is 2.88. The predicted octanol–water partition coefficient (Wildman–Crippen LogP) is -0.327. The van der Waals surface area contributed by atoms with Gasteiger partial charge in [0.25, 0.3) is 5.91 Å². The van der Waals surface area contributed by atoms with Crippen LogP contribution in [0.5, 0.6) is 0 Å². The summed E-state index contributed by atoms with van der Waals surface area (Å²) in [6.45, 7) is 3.48. The van der Waals surface area contributed by atoms with Crippen molar-refractivity contribution in [3.8, 4) is 0 Å². The number of nitrogens with zero attached hydrogens (tertiary/aromatic N) is 2. The number of urea groups is 1. The number of carbonyl (C=O) groups excluding carboxylic acids is 3. The molecular weight excluding hydrogens is 272 g/mol. The van der Waals surface area contributed by atoms with E-state index in [1.807, 2.05) is 4.90 Å². The Kier molecular flexibility index (Phi) is 3.84. The molecule has 1 spiro atoms. The second kappa shape index (κ2) is 5.63. The highest BCUT2D eigenvalue weighted by Crippen LogP contribution is 2.25. The average Bonchev–Trinajstić information content (AvgIpc) is 2.76. The predicted molar refractivity (Wildman–Crippen MR) is 75.5 cm³/mol. The highest BCUT2D eigenvalue weighted by molar-refractivity contribution is 6.07. The van der Waals surface area contributed by atoms with Crippen molar-refractivity contribution in [1.29, 1.82) is 0 Å². The Morgan fingerprint density at radius 1 is 1.05 bits per heavy atom. The molecule has 3 aliphatic heterocycles. The summed E-state index contributed by atoms with van der Waals surface area (Å²) in [6, 6.07) is -0.405. The molecule has 0 radical (unpaired) electrons. The van der Waals surface area contributed by atoms with Gasteiger partial charge in [-0.25, -0.2) is 4.79 Å². The van der Waals surface area contributed by atoms with E-state index in [0.29, 0.717) is 32.5 Å². The Labute approximate surface area is 124 Å². The fraction of sp³-hybridized carbons (Fsp3) is 0.786. The Hall–Kier alpha value is -1.63. The van der Waals surface area contributed by atoms with Crippen LogP contribution in [0.2, 0.25) is 0 Å². The summed E-state index contributed by atoms with van der Waals surface area (Å²) < 4.78 is 0. The molecule has 116 valence electrons. The lowest BCUT2D eigenvalue weighted by atomic mass is 9.88. The number of imide groups is 1. The summed E-state index contributed by atoms with van der Waals surface area (Å²) in [5, 5.41) is 5.04. The maximum Gasteiger partial charge on any atom is 0.322 e. The fourth-order valence-corrected chi connectivity index (χ4v) is 3.41. The Morgan fingerprint density at radius 3 is 2.29 bits per heavy atom. The minimum Gasteiger partial charge on any atom is -0.342 e. The molecule has 0 bridgehead atoms. The second-order valence-corrected chi connectivity index (χ2v) is 6.21. The SMILES string of the molecule is O=C1NC(=O)C2(CCN(CC(=O)N3CCCCC3)CC2)N1. The van der Waals surface area contributed by atoms with Crippen molar-refractivity contribution >= 4 is 17.8 Å². The topological polar surface area (TPSA) is 81.8 Å². The molecule has 0 atom stereocenters. The Balaban J connectivity index is 1.50. The summed E-state index contributed by atoms with van der Waals surface area (Å²) in [5.74, 6) is -0.0416. The zero-order valence-corrected chi connectivity index (χ0v) is 12.2. The molecule has 4 amide bonds. The molecule has 0 saturated carbocycles. The number of amides is 4. The molecule has 0 aromatic rings. The molecule has 3 aliphatic rings. The van der Waals surface area contributed by atoms with E-state index in [2.05, 4.69) is 15.5 Å². The second-order valence-electron chi connectivity index (χ2n) is 6.21. The lowest BCUT2D eigenvalue weighted by molar-refractivity contribution is -0.134. The van der Waals surface area contributed by atoms with Crippen molar-refractivity contribution in [2.45, 2.75) is 37.6 Å². The molecule has 3 heterocycles. The van der Waals surface area contributed by atoms with E-state index in [0.717, 1.165) is 25.9 Å². The molecule has 2 N–H and O–H groups in total. The quantitative estimate of drug-likeness (QED) is 0.684. The highest BCUT2D eigenvalue weighted by atomic mass is 16.2. The van der Waals surface area contributed by atoms with Crippen LogP contribution in [0.25, 0.3) is 0 Å². The van der Waals surface area contributed by atoms with Gasteiger partial charge in [0.1, 0.15) is 5.54 Å². The van der Waals surface area contributed by atoms with Crippen LogP contribution in [-0.4, -0.2) is 65.9 Å². The zero-order valence-electron chi connectivity index (χ0n) is 12.2. The van der Waals surface area contributed by atoms with Gasteiger partial charge >= 0.3 is 6.03 Å². The number of hydrogen-bond acceptors (Lipinski definition) is 4. The molecular formula is C14H22N4O3. The monoisotopic (exact) mass is 294 g/mol.